The van der Waals surface area contributed by atoms with Crippen LogP contribution in [-0.4, -0.2) is 6.61 Å². The molecule has 20 heavy (non-hydrogen) atoms. The first-order valence-electron chi connectivity index (χ1n) is 7.30. The topological polar surface area (TPSA) is 35.2 Å². The van der Waals surface area contributed by atoms with Crippen LogP contribution in [0.15, 0.2) is 42.5 Å². The number of para-hydroxylation sites is 1. The molecule has 1 aliphatic heterocycles. The fraction of sp³-hybridized carbons (Fsp3) is 0.333. The number of ether oxygens (including phenoxy) is 1. The first-order valence-corrected chi connectivity index (χ1v) is 7.30. The van der Waals surface area contributed by atoms with Gasteiger partial charge in [0, 0.05) is 11.6 Å². The van der Waals surface area contributed by atoms with E-state index < -0.39 is 0 Å². The van der Waals surface area contributed by atoms with Gasteiger partial charge in [0.1, 0.15) is 5.75 Å². The summed E-state index contributed by atoms with van der Waals surface area (Å²) in [6.07, 6.45) is 3.05. The van der Waals surface area contributed by atoms with Crippen molar-refractivity contribution in [1.29, 1.82) is 0 Å². The predicted octanol–water partition coefficient (Wildman–Crippen LogP) is 3.56. The Morgan fingerprint density at radius 2 is 2.05 bits per heavy atom. The van der Waals surface area contributed by atoms with Crippen molar-refractivity contribution in [3.05, 3.63) is 64.7 Å². The molecular weight excluding hydrogens is 246 g/mol. The molecule has 104 valence electrons. The molecule has 1 heterocycles. The van der Waals surface area contributed by atoms with Crippen molar-refractivity contribution < 1.29 is 4.74 Å². The number of fused-ring (bicyclic) bond motifs is 1. The molecular formula is C18H21NO. The first kappa shape index (κ1) is 13.2. The van der Waals surface area contributed by atoms with Gasteiger partial charge >= 0.3 is 0 Å². The molecule has 3 rings (SSSR count). The highest BCUT2D eigenvalue weighted by molar-refractivity contribution is 5.45. The Kier molecular flexibility index (Phi) is 3.75. The summed E-state index contributed by atoms with van der Waals surface area (Å²) in [7, 11) is 0. The highest BCUT2D eigenvalue weighted by atomic mass is 16.5. The number of aryl methyl sites for hydroxylation is 2. The number of rotatable bonds is 3. The van der Waals surface area contributed by atoms with Gasteiger partial charge < -0.3 is 10.5 Å². The molecule has 0 saturated heterocycles. The van der Waals surface area contributed by atoms with E-state index in [9.17, 15) is 0 Å². The molecule has 2 aromatic carbocycles. The average molecular weight is 267 g/mol. The highest BCUT2D eigenvalue weighted by Gasteiger charge is 2.18. The van der Waals surface area contributed by atoms with Crippen LogP contribution in [0.5, 0.6) is 5.75 Å². The molecule has 2 heteroatoms. The monoisotopic (exact) mass is 267 g/mol. The molecule has 0 aliphatic carbocycles. The lowest BCUT2D eigenvalue weighted by Crippen LogP contribution is -2.18. The molecule has 0 fully saturated rings. The van der Waals surface area contributed by atoms with E-state index in [0.717, 1.165) is 37.2 Å². The summed E-state index contributed by atoms with van der Waals surface area (Å²) >= 11 is 0. The molecule has 1 atom stereocenters. The van der Waals surface area contributed by atoms with Crippen molar-refractivity contribution in [2.45, 2.75) is 32.2 Å². The van der Waals surface area contributed by atoms with E-state index >= 15 is 0 Å². The van der Waals surface area contributed by atoms with Gasteiger partial charge in [-0.1, -0.05) is 48.0 Å². The Bertz CT molecular complexity index is 606. The summed E-state index contributed by atoms with van der Waals surface area (Å²) in [6, 6.07) is 14.9. The number of nitrogens with two attached hydrogens (primary N) is 1. The van der Waals surface area contributed by atoms with Crippen LogP contribution < -0.4 is 10.5 Å². The summed E-state index contributed by atoms with van der Waals surface area (Å²) < 4.78 is 5.86. The minimum atomic E-state index is -0.00940. The molecule has 2 aromatic rings. The molecule has 2 N–H and O–H groups in total. The van der Waals surface area contributed by atoms with Crippen molar-refractivity contribution in [2.24, 2.45) is 5.73 Å². The van der Waals surface area contributed by atoms with E-state index in [1.165, 1.54) is 16.7 Å². The molecule has 1 unspecified atom stereocenters. The summed E-state index contributed by atoms with van der Waals surface area (Å²) in [5, 5.41) is 0. The van der Waals surface area contributed by atoms with Crippen LogP contribution in [0.4, 0.5) is 0 Å². The fourth-order valence-electron chi connectivity index (χ4n) is 2.91. The third kappa shape index (κ3) is 2.70. The molecule has 2 nitrogen and oxygen atoms in total. The number of hydrogen-bond acceptors (Lipinski definition) is 2. The Hall–Kier alpha value is -1.80. The van der Waals surface area contributed by atoms with E-state index in [1.54, 1.807) is 0 Å². The zero-order valence-corrected chi connectivity index (χ0v) is 11.9. The lowest BCUT2D eigenvalue weighted by Gasteiger charge is -2.23. The van der Waals surface area contributed by atoms with E-state index in [0.29, 0.717) is 0 Å². The van der Waals surface area contributed by atoms with Crippen molar-refractivity contribution in [2.75, 3.05) is 6.61 Å². The van der Waals surface area contributed by atoms with Crippen LogP contribution in [-0.2, 0) is 12.8 Å². The second-order valence-corrected chi connectivity index (χ2v) is 5.59. The Labute approximate surface area is 120 Å². The zero-order chi connectivity index (χ0) is 13.9. The second-order valence-electron chi connectivity index (χ2n) is 5.59. The van der Waals surface area contributed by atoms with E-state index in [1.807, 2.05) is 0 Å². The van der Waals surface area contributed by atoms with Crippen LogP contribution in [0.1, 0.15) is 34.7 Å². The third-order valence-electron chi connectivity index (χ3n) is 3.90. The quantitative estimate of drug-likeness (QED) is 0.922. The van der Waals surface area contributed by atoms with Gasteiger partial charge in [-0.2, -0.15) is 0 Å². The van der Waals surface area contributed by atoms with Crippen LogP contribution >= 0.6 is 0 Å². The van der Waals surface area contributed by atoms with Crippen molar-refractivity contribution in [3.8, 4) is 5.75 Å². The molecule has 1 aliphatic rings. The van der Waals surface area contributed by atoms with Gasteiger partial charge in [-0.05, 0) is 37.3 Å². The van der Waals surface area contributed by atoms with E-state index in [4.69, 9.17) is 10.5 Å². The second kappa shape index (κ2) is 5.68. The van der Waals surface area contributed by atoms with Gasteiger partial charge in [-0.3, -0.25) is 0 Å². The Balaban J connectivity index is 1.85. The Morgan fingerprint density at radius 1 is 1.20 bits per heavy atom. The average Bonchev–Trinajstić information content (AvgIpc) is 2.46. The molecule has 0 radical (unpaired) electrons. The van der Waals surface area contributed by atoms with Crippen molar-refractivity contribution >= 4 is 0 Å². The number of benzene rings is 2. The van der Waals surface area contributed by atoms with Gasteiger partial charge in [0.15, 0.2) is 0 Å². The van der Waals surface area contributed by atoms with Crippen molar-refractivity contribution in [1.82, 2.24) is 0 Å². The van der Waals surface area contributed by atoms with Gasteiger partial charge in [0.05, 0.1) is 6.61 Å². The van der Waals surface area contributed by atoms with E-state index in [2.05, 4.69) is 49.4 Å². The van der Waals surface area contributed by atoms with Gasteiger partial charge in [0.2, 0.25) is 0 Å². The molecule has 0 amide bonds. The normalized spacial score (nSPS) is 15.3. The molecule has 0 bridgehead atoms. The maximum atomic E-state index is 6.42. The first-order chi connectivity index (χ1) is 9.74. The summed E-state index contributed by atoms with van der Waals surface area (Å²) in [5.41, 5.74) is 11.4. The largest absolute Gasteiger partial charge is 0.493 e. The fourth-order valence-corrected chi connectivity index (χ4v) is 2.91. The molecule has 0 aromatic heterocycles. The maximum Gasteiger partial charge on any atom is 0.127 e. The molecule has 0 saturated carbocycles. The number of hydrogen-bond donors (Lipinski definition) is 1. The van der Waals surface area contributed by atoms with Crippen LogP contribution in [0.25, 0.3) is 0 Å². The van der Waals surface area contributed by atoms with Crippen LogP contribution in [0.2, 0.25) is 0 Å². The SMILES string of the molecule is Cc1cccc(CC(N)c2cccc3c2OCCC3)c1. The lowest BCUT2D eigenvalue weighted by molar-refractivity contribution is 0.283. The van der Waals surface area contributed by atoms with Gasteiger partial charge in [0.25, 0.3) is 0 Å². The minimum Gasteiger partial charge on any atom is -0.493 e. The molecule has 0 spiro atoms. The maximum absolute atomic E-state index is 6.42. The van der Waals surface area contributed by atoms with Gasteiger partial charge in [-0.15, -0.1) is 0 Å². The highest BCUT2D eigenvalue weighted by Crippen LogP contribution is 2.33. The minimum absolute atomic E-state index is 0.00940. The Morgan fingerprint density at radius 3 is 2.90 bits per heavy atom. The summed E-state index contributed by atoms with van der Waals surface area (Å²) in [5.74, 6) is 1.03. The third-order valence-corrected chi connectivity index (χ3v) is 3.90. The summed E-state index contributed by atoms with van der Waals surface area (Å²) in [6.45, 7) is 2.92. The zero-order valence-electron chi connectivity index (χ0n) is 11.9. The van der Waals surface area contributed by atoms with Crippen LogP contribution in [0.3, 0.4) is 0 Å². The smallest absolute Gasteiger partial charge is 0.127 e. The summed E-state index contributed by atoms with van der Waals surface area (Å²) in [4.78, 5) is 0. The lowest BCUT2D eigenvalue weighted by atomic mass is 9.94. The van der Waals surface area contributed by atoms with Gasteiger partial charge in [-0.25, -0.2) is 0 Å². The van der Waals surface area contributed by atoms with Crippen LogP contribution in [0, 0.1) is 6.92 Å². The van der Waals surface area contributed by atoms with E-state index in [-0.39, 0.29) is 6.04 Å². The standard InChI is InChI=1S/C18H21NO/c1-13-5-2-6-14(11-13)12-17(19)16-9-3-7-15-8-4-10-20-18(15)16/h2-3,5-7,9,11,17H,4,8,10,12,19H2,1H3. The predicted molar refractivity (Wildman–Crippen MR) is 82.1 cm³/mol. The van der Waals surface area contributed by atoms with Crippen molar-refractivity contribution in [3.63, 3.8) is 0 Å².